The van der Waals surface area contributed by atoms with Gasteiger partial charge in [0, 0.05) is 31.4 Å². The van der Waals surface area contributed by atoms with Gasteiger partial charge in [0.1, 0.15) is 6.04 Å². The first-order chi connectivity index (χ1) is 16.2. The number of likely N-dealkylation sites (tertiary alicyclic amines) is 1. The Bertz CT molecular complexity index is 891. The molecular formula is C26H39N3O4S. The van der Waals surface area contributed by atoms with E-state index >= 15 is 0 Å². The fraction of sp³-hybridized carbons (Fsp3) is 0.731. The van der Waals surface area contributed by atoms with Gasteiger partial charge in [0.15, 0.2) is 0 Å². The summed E-state index contributed by atoms with van der Waals surface area (Å²) >= 11 is 1.60. The average molecular weight is 490 g/mol. The summed E-state index contributed by atoms with van der Waals surface area (Å²) in [6.07, 6.45) is 10.8. The highest BCUT2D eigenvalue weighted by Gasteiger charge is 2.71. The zero-order chi connectivity index (χ0) is 24.8. The van der Waals surface area contributed by atoms with Gasteiger partial charge in [-0.1, -0.05) is 57.9 Å². The second-order valence-electron chi connectivity index (χ2n) is 10.4. The number of carbonyl (C=O) groups is 3. The number of hydrogen-bond donors (Lipinski definition) is 1. The molecule has 0 bridgehead atoms. The van der Waals surface area contributed by atoms with Gasteiger partial charge in [-0.2, -0.15) is 0 Å². The number of hydrogen-bond acceptors (Lipinski definition) is 5. The number of carbonyl (C=O) groups excluding carboxylic acids is 3. The summed E-state index contributed by atoms with van der Waals surface area (Å²) in [5, 5.41) is 10.3. The number of likely N-dealkylation sites (N-methyl/N-ethyl adjacent to an activating group) is 1. The van der Waals surface area contributed by atoms with Crippen LogP contribution in [0.1, 0.15) is 47.0 Å². The van der Waals surface area contributed by atoms with Crippen molar-refractivity contribution >= 4 is 29.5 Å². The standard InChI is InChI=1S/C26H39N3O4S/c1-6-10-17(4)28-14-9-12-26-21(20-19(34-26)11-8-13-27(5)23(20)31)24(32)29(22(26)25(28)33)18(15-30)16(3)7-2/h8-9,11-12,16-22,30H,6-7,10,13-15H2,1-5H3/t16-,17?,18-,19+,20-,21-,22?,26-/m0/s1. The molecule has 0 radical (unpaired) electrons. The first-order valence-corrected chi connectivity index (χ1v) is 13.6. The average Bonchev–Trinajstić information content (AvgIpc) is 3.13. The maximum Gasteiger partial charge on any atom is 0.247 e. The highest BCUT2D eigenvalue weighted by molar-refractivity contribution is 8.02. The number of rotatable bonds is 7. The third-order valence-electron chi connectivity index (χ3n) is 8.41. The highest BCUT2D eigenvalue weighted by atomic mass is 32.2. The maximum absolute atomic E-state index is 14.3. The molecule has 8 atom stereocenters. The largest absolute Gasteiger partial charge is 0.394 e. The lowest BCUT2D eigenvalue weighted by molar-refractivity contribution is -0.148. The van der Waals surface area contributed by atoms with Crippen LogP contribution in [0.25, 0.3) is 0 Å². The Kier molecular flexibility index (Phi) is 7.21. The molecule has 1 N–H and O–H groups in total. The lowest BCUT2D eigenvalue weighted by Crippen LogP contribution is -2.58. The Morgan fingerprint density at radius 1 is 1.12 bits per heavy atom. The van der Waals surface area contributed by atoms with Crippen molar-refractivity contribution in [2.24, 2.45) is 17.8 Å². The minimum atomic E-state index is -0.816. The van der Waals surface area contributed by atoms with E-state index in [4.69, 9.17) is 0 Å². The van der Waals surface area contributed by atoms with Crippen molar-refractivity contribution < 1.29 is 19.5 Å². The van der Waals surface area contributed by atoms with Gasteiger partial charge in [0.05, 0.1) is 29.2 Å². The van der Waals surface area contributed by atoms with Crippen LogP contribution in [0.15, 0.2) is 24.3 Å². The van der Waals surface area contributed by atoms with Crippen LogP contribution in [0.4, 0.5) is 0 Å². The van der Waals surface area contributed by atoms with Crippen LogP contribution in [-0.4, -0.2) is 92.4 Å². The minimum absolute atomic E-state index is 0.0274. The van der Waals surface area contributed by atoms with Gasteiger partial charge in [0.2, 0.25) is 17.7 Å². The molecule has 4 aliphatic heterocycles. The molecular weight excluding hydrogens is 450 g/mol. The smallest absolute Gasteiger partial charge is 0.247 e. The molecule has 188 valence electrons. The van der Waals surface area contributed by atoms with Gasteiger partial charge in [-0.15, -0.1) is 11.8 Å². The highest BCUT2D eigenvalue weighted by Crippen LogP contribution is 2.61. The Labute approximate surface area is 207 Å². The third-order valence-corrected chi connectivity index (χ3v) is 10.2. The quantitative estimate of drug-likeness (QED) is 0.555. The van der Waals surface area contributed by atoms with Crippen LogP contribution >= 0.6 is 11.8 Å². The molecule has 2 unspecified atom stereocenters. The van der Waals surface area contributed by atoms with E-state index in [-0.39, 0.29) is 41.5 Å². The Balaban J connectivity index is 1.86. The van der Waals surface area contributed by atoms with E-state index < -0.39 is 28.7 Å². The Morgan fingerprint density at radius 2 is 1.85 bits per heavy atom. The zero-order valence-electron chi connectivity index (χ0n) is 21.0. The molecule has 0 aromatic rings. The number of thioether (sulfide) groups is 1. The Hall–Kier alpha value is -1.80. The molecule has 7 nitrogen and oxygen atoms in total. The minimum Gasteiger partial charge on any atom is -0.394 e. The number of amides is 3. The van der Waals surface area contributed by atoms with Crippen molar-refractivity contribution in [2.45, 2.75) is 75.1 Å². The molecule has 0 saturated carbocycles. The van der Waals surface area contributed by atoms with Crippen LogP contribution in [0.5, 0.6) is 0 Å². The first kappa shape index (κ1) is 25.3. The molecule has 34 heavy (non-hydrogen) atoms. The Morgan fingerprint density at radius 3 is 2.50 bits per heavy atom. The van der Waals surface area contributed by atoms with Gasteiger partial charge in [-0.05, 0) is 19.3 Å². The molecule has 0 aromatic carbocycles. The SMILES string of the molecule is CCCC(C)N1CC=C[C@]23S[C@@H]4C=CCN(C)C(=O)[C@@H]4[C@H]2C(=O)N([C@@H](CO)[C@@H](C)CC)C3C1=O. The van der Waals surface area contributed by atoms with Crippen LogP contribution in [0, 0.1) is 17.8 Å². The van der Waals surface area contributed by atoms with Crippen LogP contribution in [0.2, 0.25) is 0 Å². The number of aliphatic hydroxyl groups is 1. The maximum atomic E-state index is 14.3. The summed E-state index contributed by atoms with van der Waals surface area (Å²) in [6, 6.07) is -1.14. The summed E-state index contributed by atoms with van der Waals surface area (Å²) in [5.41, 5.74) is 0. The van der Waals surface area contributed by atoms with Crippen molar-refractivity contribution in [1.29, 1.82) is 0 Å². The van der Waals surface area contributed by atoms with Gasteiger partial charge in [-0.3, -0.25) is 14.4 Å². The van der Waals surface area contributed by atoms with E-state index in [1.165, 1.54) is 0 Å². The van der Waals surface area contributed by atoms with Crippen molar-refractivity contribution in [1.82, 2.24) is 14.7 Å². The predicted molar refractivity (Wildman–Crippen MR) is 134 cm³/mol. The van der Waals surface area contributed by atoms with E-state index in [2.05, 4.69) is 26.0 Å². The summed E-state index contributed by atoms with van der Waals surface area (Å²) in [6.45, 7) is 9.06. The fourth-order valence-corrected chi connectivity index (χ4v) is 8.36. The van der Waals surface area contributed by atoms with Crippen molar-refractivity contribution in [2.75, 3.05) is 26.7 Å². The second kappa shape index (κ2) is 9.69. The monoisotopic (exact) mass is 489 g/mol. The molecule has 2 fully saturated rings. The molecule has 0 aromatic heterocycles. The fourth-order valence-electron chi connectivity index (χ4n) is 6.36. The summed E-state index contributed by atoms with van der Waals surface area (Å²) in [7, 11) is 1.78. The molecule has 4 aliphatic rings. The van der Waals surface area contributed by atoms with Gasteiger partial charge in [-0.25, -0.2) is 0 Å². The van der Waals surface area contributed by atoms with Crippen LogP contribution in [0.3, 0.4) is 0 Å². The van der Waals surface area contributed by atoms with E-state index in [1.54, 1.807) is 28.6 Å². The summed E-state index contributed by atoms with van der Waals surface area (Å²) < 4.78 is -0.816. The molecule has 0 aliphatic carbocycles. The van der Waals surface area contributed by atoms with E-state index in [9.17, 15) is 19.5 Å². The topological polar surface area (TPSA) is 81.2 Å². The lowest BCUT2D eigenvalue weighted by Gasteiger charge is -2.41. The number of fused-ring (bicyclic) bond motifs is 2. The predicted octanol–water partition coefficient (Wildman–Crippen LogP) is 2.31. The van der Waals surface area contributed by atoms with Crippen molar-refractivity contribution in [3.63, 3.8) is 0 Å². The van der Waals surface area contributed by atoms with Crippen LogP contribution < -0.4 is 0 Å². The first-order valence-electron chi connectivity index (χ1n) is 12.7. The molecule has 4 heterocycles. The summed E-state index contributed by atoms with van der Waals surface area (Å²) in [5.74, 6) is -1.36. The van der Waals surface area contributed by atoms with Gasteiger partial charge < -0.3 is 19.8 Å². The van der Waals surface area contributed by atoms with E-state index in [0.717, 1.165) is 19.3 Å². The molecule has 3 amide bonds. The third kappa shape index (κ3) is 3.72. The molecule has 8 heteroatoms. The van der Waals surface area contributed by atoms with Crippen molar-refractivity contribution in [3.8, 4) is 0 Å². The number of aliphatic hydroxyl groups excluding tert-OH is 1. The van der Waals surface area contributed by atoms with E-state index in [0.29, 0.717) is 13.1 Å². The lowest BCUT2D eigenvalue weighted by atomic mass is 9.78. The van der Waals surface area contributed by atoms with Crippen molar-refractivity contribution in [3.05, 3.63) is 24.3 Å². The molecule has 1 spiro atoms. The second-order valence-corrected chi connectivity index (χ2v) is 11.9. The zero-order valence-corrected chi connectivity index (χ0v) is 21.8. The summed E-state index contributed by atoms with van der Waals surface area (Å²) in [4.78, 5) is 47.3. The number of nitrogens with zero attached hydrogens (tertiary/aromatic N) is 3. The van der Waals surface area contributed by atoms with E-state index in [1.807, 2.05) is 30.9 Å². The van der Waals surface area contributed by atoms with Gasteiger partial charge in [0.25, 0.3) is 0 Å². The molecule has 4 rings (SSSR count). The van der Waals surface area contributed by atoms with Crippen LogP contribution in [-0.2, 0) is 14.4 Å². The molecule has 2 saturated heterocycles. The normalized spacial score (nSPS) is 35.6. The van der Waals surface area contributed by atoms with Gasteiger partial charge >= 0.3 is 0 Å².